The van der Waals surface area contributed by atoms with Crippen molar-refractivity contribution in [1.29, 1.82) is 0 Å². The largest absolute Gasteiger partial charge is 0.376 e. The van der Waals surface area contributed by atoms with Gasteiger partial charge < -0.3 is 10.3 Å². The fraction of sp³-hybridized carbons (Fsp3) is 0.286. The summed E-state index contributed by atoms with van der Waals surface area (Å²) in [7, 11) is 0. The molecule has 106 valence electrons. The number of hydrogen-bond acceptors (Lipinski definition) is 3. The summed E-state index contributed by atoms with van der Waals surface area (Å²) in [5.74, 6) is -0.825. The van der Waals surface area contributed by atoms with Crippen LogP contribution in [0, 0.1) is 25.5 Å². The number of nitrogens with one attached hydrogen (secondary N) is 2. The number of nitrogens with zero attached hydrogens (tertiary/aromatic N) is 1. The van der Waals surface area contributed by atoms with Crippen LogP contribution in [0.4, 0.5) is 14.5 Å². The number of H-pyrrole nitrogens is 1. The highest BCUT2D eigenvalue weighted by Crippen LogP contribution is 2.21. The number of aryl methyl sites for hydroxylation is 2. The first-order valence-electron chi connectivity index (χ1n) is 6.17. The molecule has 0 aliphatic rings. The molecule has 4 nitrogen and oxygen atoms in total. The molecule has 1 aromatic carbocycles. The Morgan fingerprint density at radius 2 is 2.00 bits per heavy atom. The molecule has 0 bridgehead atoms. The molecular formula is C14H15F2N3O. The normalized spacial score (nSPS) is 12.2. The monoisotopic (exact) mass is 279 g/mol. The zero-order valence-corrected chi connectivity index (χ0v) is 11.4. The number of aromatic nitrogens is 2. The smallest absolute Gasteiger partial charge is 0.256 e. The Kier molecular flexibility index (Phi) is 3.83. The van der Waals surface area contributed by atoms with Crippen molar-refractivity contribution in [2.75, 3.05) is 5.32 Å². The average Bonchev–Trinajstić information content (AvgIpc) is 2.31. The summed E-state index contributed by atoms with van der Waals surface area (Å²) in [5, 5.41) is 2.85. The van der Waals surface area contributed by atoms with E-state index in [9.17, 15) is 13.6 Å². The Balaban J connectivity index is 2.33. The van der Waals surface area contributed by atoms with Crippen molar-refractivity contribution in [1.82, 2.24) is 9.97 Å². The zero-order chi connectivity index (χ0) is 14.9. The third kappa shape index (κ3) is 2.84. The van der Waals surface area contributed by atoms with Gasteiger partial charge in [0.25, 0.3) is 5.56 Å². The Morgan fingerprint density at radius 1 is 1.30 bits per heavy atom. The molecule has 1 atom stereocenters. The predicted molar refractivity (Wildman–Crippen MR) is 72.7 cm³/mol. The van der Waals surface area contributed by atoms with Gasteiger partial charge in [-0.15, -0.1) is 0 Å². The summed E-state index contributed by atoms with van der Waals surface area (Å²) in [6, 6.07) is 2.79. The summed E-state index contributed by atoms with van der Waals surface area (Å²) in [6.45, 7) is 5.13. The Morgan fingerprint density at radius 3 is 2.60 bits per heavy atom. The first-order valence-corrected chi connectivity index (χ1v) is 6.17. The van der Waals surface area contributed by atoms with E-state index in [-0.39, 0.29) is 11.2 Å². The highest BCUT2D eigenvalue weighted by atomic mass is 19.1. The summed E-state index contributed by atoms with van der Waals surface area (Å²) in [6.07, 6.45) is 0. The van der Waals surface area contributed by atoms with Gasteiger partial charge >= 0.3 is 0 Å². The lowest BCUT2D eigenvalue weighted by Gasteiger charge is -2.17. The van der Waals surface area contributed by atoms with Crippen LogP contribution < -0.4 is 10.9 Å². The zero-order valence-electron chi connectivity index (χ0n) is 11.4. The SMILES string of the molecule is Cc1nc(C)c(C(C)Nc2ccc(F)cc2F)c(=O)[nH]1. The van der Waals surface area contributed by atoms with Crippen molar-refractivity contribution in [3.63, 3.8) is 0 Å². The van der Waals surface area contributed by atoms with Crippen molar-refractivity contribution in [3.8, 4) is 0 Å². The van der Waals surface area contributed by atoms with E-state index >= 15 is 0 Å². The van der Waals surface area contributed by atoms with Crippen LogP contribution in [-0.2, 0) is 0 Å². The molecule has 1 heterocycles. The van der Waals surface area contributed by atoms with Gasteiger partial charge in [-0.25, -0.2) is 13.8 Å². The van der Waals surface area contributed by atoms with E-state index in [0.717, 1.165) is 12.1 Å². The molecule has 0 radical (unpaired) electrons. The first-order chi connectivity index (χ1) is 9.38. The molecule has 0 aliphatic heterocycles. The third-order valence-corrected chi connectivity index (χ3v) is 3.00. The number of benzene rings is 1. The van der Waals surface area contributed by atoms with E-state index in [2.05, 4.69) is 15.3 Å². The maximum absolute atomic E-state index is 13.6. The van der Waals surface area contributed by atoms with Crippen LogP contribution in [0.5, 0.6) is 0 Å². The maximum Gasteiger partial charge on any atom is 0.256 e. The van der Waals surface area contributed by atoms with Crippen LogP contribution in [0.3, 0.4) is 0 Å². The van der Waals surface area contributed by atoms with Crippen LogP contribution in [0.1, 0.15) is 30.0 Å². The average molecular weight is 279 g/mol. The first kappa shape index (κ1) is 14.2. The van der Waals surface area contributed by atoms with Gasteiger partial charge in [0.1, 0.15) is 17.5 Å². The van der Waals surface area contributed by atoms with E-state index in [1.165, 1.54) is 6.07 Å². The standard InChI is InChI=1S/C14H15F2N3O/c1-7-13(14(20)19-9(3)17-7)8(2)18-12-5-4-10(15)6-11(12)16/h4-6,8,18H,1-3H3,(H,17,19,20). The number of hydrogen-bond donors (Lipinski definition) is 2. The quantitative estimate of drug-likeness (QED) is 0.908. The van der Waals surface area contributed by atoms with Gasteiger partial charge in [0.2, 0.25) is 0 Å². The molecule has 0 saturated heterocycles. The predicted octanol–water partition coefficient (Wildman–Crippen LogP) is 2.84. The Labute approximate surface area is 114 Å². The minimum absolute atomic E-state index is 0.137. The van der Waals surface area contributed by atoms with Crippen LogP contribution in [-0.4, -0.2) is 9.97 Å². The molecule has 0 amide bonds. The second-order valence-corrected chi connectivity index (χ2v) is 4.64. The summed E-state index contributed by atoms with van der Waals surface area (Å²) in [5.41, 5.74) is 0.879. The number of aromatic amines is 1. The maximum atomic E-state index is 13.6. The van der Waals surface area contributed by atoms with E-state index in [4.69, 9.17) is 0 Å². The second kappa shape index (κ2) is 5.40. The van der Waals surface area contributed by atoms with Gasteiger partial charge in [0, 0.05) is 6.07 Å². The highest BCUT2D eigenvalue weighted by molar-refractivity contribution is 5.47. The van der Waals surface area contributed by atoms with Crippen molar-refractivity contribution in [3.05, 3.63) is 57.3 Å². The molecule has 0 aliphatic carbocycles. The van der Waals surface area contributed by atoms with Crippen LogP contribution in [0.15, 0.2) is 23.0 Å². The van der Waals surface area contributed by atoms with Gasteiger partial charge in [-0.1, -0.05) is 0 Å². The second-order valence-electron chi connectivity index (χ2n) is 4.64. The van der Waals surface area contributed by atoms with E-state index < -0.39 is 17.7 Å². The van der Waals surface area contributed by atoms with Crippen molar-refractivity contribution in [2.24, 2.45) is 0 Å². The van der Waals surface area contributed by atoms with Gasteiger partial charge in [-0.2, -0.15) is 0 Å². The van der Waals surface area contributed by atoms with Crippen molar-refractivity contribution < 1.29 is 8.78 Å². The van der Waals surface area contributed by atoms with E-state index in [0.29, 0.717) is 17.1 Å². The summed E-state index contributed by atoms with van der Waals surface area (Å²) < 4.78 is 26.4. The van der Waals surface area contributed by atoms with Crippen molar-refractivity contribution in [2.45, 2.75) is 26.8 Å². The fourth-order valence-corrected chi connectivity index (χ4v) is 2.16. The summed E-state index contributed by atoms with van der Waals surface area (Å²) in [4.78, 5) is 18.7. The molecule has 6 heteroatoms. The third-order valence-electron chi connectivity index (χ3n) is 3.00. The summed E-state index contributed by atoms with van der Waals surface area (Å²) >= 11 is 0. The van der Waals surface area contributed by atoms with Crippen LogP contribution in [0.2, 0.25) is 0 Å². The van der Waals surface area contributed by atoms with Gasteiger partial charge in [0.05, 0.1) is 23.0 Å². The molecule has 2 aromatic rings. The molecule has 0 fully saturated rings. The molecule has 20 heavy (non-hydrogen) atoms. The molecule has 0 saturated carbocycles. The molecule has 2 rings (SSSR count). The van der Waals surface area contributed by atoms with Gasteiger partial charge in [-0.3, -0.25) is 4.79 Å². The van der Waals surface area contributed by atoms with Gasteiger partial charge in [-0.05, 0) is 32.9 Å². The molecule has 1 aromatic heterocycles. The number of anilines is 1. The molecule has 2 N–H and O–H groups in total. The van der Waals surface area contributed by atoms with E-state index in [1.807, 2.05) is 0 Å². The molecular weight excluding hydrogens is 264 g/mol. The van der Waals surface area contributed by atoms with Crippen molar-refractivity contribution >= 4 is 5.69 Å². The van der Waals surface area contributed by atoms with Gasteiger partial charge in [0.15, 0.2) is 0 Å². The minimum Gasteiger partial charge on any atom is -0.376 e. The molecule has 0 spiro atoms. The van der Waals surface area contributed by atoms with Crippen LogP contribution in [0.25, 0.3) is 0 Å². The Hall–Kier alpha value is -2.24. The minimum atomic E-state index is -0.703. The fourth-order valence-electron chi connectivity index (χ4n) is 2.16. The van der Waals surface area contributed by atoms with Crippen LogP contribution >= 0.6 is 0 Å². The molecule has 1 unspecified atom stereocenters. The lowest BCUT2D eigenvalue weighted by atomic mass is 10.1. The number of rotatable bonds is 3. The topological polar surface area (TPSA) is 57.8 Å². The lowest BCUT2D eigenvalue weighted by molar-refractivity contribution is 0.583. The van der Waals surface area contributed by atoms with E-state index in [1.54, 1.807) is 20.8 Å². The Bertz CT molecular complexity index is 697. The number of halogens is 2. The lowest BCUT2D eigenvalue weighted by Crippen LogP contribution is -2.23. The highest BCUT2D eigenvalue weighted by Gasteiger charge is 2.16.